The van der Waals surface area contributed by atoms with E-state index in [1.54, 1.807) is 17.7 Å². The molecule has 0 aromatic carbocycles. The molecule has 2 rings (SSSR count). The molecule has 6 nitrogen and oxygen atoms in total. The van der Waals surface area contributed by atoms with E-state index in [-0.39, 0.29) is 11.0 Å². The Kier molecular flexibility index (Phi) is 3.33. The van der Waals surface area contributed by atoms with Gasteiger partial charge in [-0.15, -0.1) is 5.10 Å². The van der Waals surface area contributed by atoms with Gasteiger partial charge in [0.1, 0.15) is 11.6 Å². The number of pyridine rings is 1. The van der Waals surface area contributed by atoms with Gasteiger partial charge in [-0.1, -0.05) is 20.8 Å². The zero-order valence-corrected chi connectivity index (χ0v) is 12.3. The predicted octanol–water partition coefficient (Wildman–Crippen LogP) is 2.27. The van der Waals surface area contributed by atoms with Gasteiger partial charge < -0.3 is 5.11 Å². The van der Waals surface area contributed by atoms with Gasteiger partial charge in [-0.3, -0.25) is 0 Å². The van der Waals surface area contributed by atoms with Crippen molar-refractivity contribution in [3.8, 4) is 5.82 Å². The summed E-state index contributed by atoms with van der Waals surface area (Å²) in [7, 11) is 0. The summed E-state index contributed by atoms with van der Waals surface area (Å²) in [5.41, 5.74) is 0.663. The maximum absolute atomic E-state index is 11.3. The van der Waals surface area contributed by atoms with E-state index < -0.39 is 5.97 Å². The van der Waals surface area contributed by atoms with E-state index in [0.29, 0.717) is 23.2 Å². The minimum absolute atomic E-state index is 0.201. The number of carboxylic acids is 1. The van der Waals surface area contributed by atoms with Crippen LogP contribution in [0.4, 0.5) is 0 Å². The van der Waals surface area contributed by atoms with Gasteiger partial charge >= 0.3 is 5.97 Å². The fraction of sp³-hybridized carbons (Fsp3) is 0.429. The van der Waals surface area contributed by atoms with Crippen LogP contribution >= 0.6 is 0 Å². The summed E-state index contributed by atoms with van der Waals surface area (Å²) in [5, 5.41) is 13.5. The first-order valence-corrected chi connectivity index (χ1v) is 6.35. The lowest BCUT2D eigenvalue weighted by molar-refractivity contribution is 0.0696. The van der Waals surface area contributed by atoms with Crippen LogP contribution in [-0.2, 0) is 5.41 Å². The number of aromatic carboxylic acids is 1. The van der Waals surface area contributed by atoms with Crippen LogP contribution in [0, 0.1) is 13.8 Å². The Morgan fingerprint density at radius 2 is 1.85 bits per heavy atom. The number of hydrogen-bond donors (Lipinski definition) is 1. The topological polar surface area (TPSA) is 80.9 Å². The number of rotatable bonds is 2. The molecule has 0 amide bonds. The Bertz CT molecular complexity index is 668. The first-order valence-electron chi connectivity index (χ1n) is 6.35. The predicted molar refractivity (Wildman–Crippen MR) is 74.3 cm³/mol. The monoisotopic (exact) mass is 274 g/mol. The molecular weight excluding hydrogens is 256 g/mol. The molecule has 106 valence electrons. The van der Waals surface area contributed by atoms with E-state index in [2.05, 4.69) is 15.1 Å². The van der Waals surface area contributed by atoms with E-state index in [1.165, 1.54) is 6.07 Å². The lowest BCUT2D eigenvalue weighted by atomic mass is 9.91. The van der Waals surface area contributed by atoms with Crippen molar-refractivity contribution in [2.75, 3.05) is 0 Å². The molecule has 0 spiro atoms. The zero-order valence-electron chi connectivity index (χ0n) is 12.3. The Labute approximate surface area is 117 Å². The summed E-state index contributed by atoms with van der Waals surface area (Å²) in [6.45, 7) is 9.57. The van der Waals surface area contributed by atoms with Crippen LogP contribution in [0.15, 0.2) is 12.1 Å². The molecule has 2 aromatic heterocycles. The molecule has 0 bridgehead atoms. The molecule has 0 aliphatic heterocycles. The quantitative estimate of drug-likeness (QED) is 0.908. The fourth-order valence-corrected chi connectivity index (χ4v) is 1.87. The summed E-state index contributed by atoms with van der Waals surface area (Å²) < 4.78 is 1.57. The van der Waals surface area contributed by atoms with Crippen molar-refractivity contribution in [1.29, 1.82) is 0 Å². The molecule has 0 fully saturated rings. The van der Waals surface area contributed by atoms with Gasteiger partial charge in [-0.2, -0.15) is 4.68 Å². The van der Waals surface area contributed by atoms with Crippen LogP contribution in [-0.4, -0.2) is 30.8 Å². The average molecular weight is 274 g/mol. The van der Waals surface area contributed by atoms with Crippen molar-refractivity contribution in [3.05, 3.63) is 35.0 Å². The van der Waals surface area contributed by atoms with E-state index in [4.69, 9.17) is 0 Å². The average Bonchev–Trinajstić information content (AvgIpc) is 2.66. The summed E-state index contributed by atoms with van der Waals surface area (Å²) >= 11 is 0. The standard InChI is InChI=1S/C14H18N4O2/c1-8-15-9(2)18(17-8)12-7-10(13(19)20)6-11(16-12)14(3,4)5/h6-7H,1-5H3,(H,19,20). The molecule has 0 unspecified atom stereocenters. The Morgan fingerprint density at radius 1 is 1.20 bits per heavy atom. The van der Waals surface area contributed by atoms with Crippen LogP contribution in [0.3, 0.4) is 0 Å². The molecular formula is C14H18N4O2. The SMILES string of the molecule is Cc1nc(C)n(-c2cc(C(=O)O)cc(C(C)(C)C)n2)n1. The molecule has 0 radical (unpaired) electrons. The number of carboxylic acid groups (broad SMARTS) is 1. The van der Waals surface area contributed by atoms with Gasteiger partial charge in [0.15, 0.2) is 5.82 Å². The number of aromatic nitrogens is 4. The van der Waals surface area contributed by atoms with Crippen LogP contribution in [0.5, 0.6) is 0 Å². The van der Waals surface area contributed by atoms with Gasteiger partial charge in [0.2, 0.25) is 0 Å². The van der Waals surface area contributed by atoms with Gasteiger partial charge in [0.05, 0.1) is 5.56 Å². The normalized spacial score (nSPS) is 11.7. The summed E-state index contributed by atoms with van der Waals surface area (Å²) in [6.07, 6.45) is 0. The summed E-state index contributed by atoms with van der Waals surface area (Å²) in [6, 6.07) is 3.11. The first-order chi connectivity index (χ1) is 9.18. The lowest BCUT2D eigenvalue weighted by Crippen LogP contribution is -2.17. The fourth-order valence-electron chi connectivity index (χ4n) is 1.87. The molecule has 0 aliphatic rings. The number of carbonyl (C=O) groups is 1. The number of hydrogen-bond acceptors (Lipinski definition) is 4. The lowest BCUT2D eigenvalue weighted by Gasteiger charge is -2.19. The smallest absolute Gasteiger partial charge is 0.335 e. The van der Waals surface area contributed by atoms with Gasteiger partial charge in [-0.25, -0.2) is 14.8 Å². The van der Waals surface area contributed by atoms with Crippen molar-refractivity contribution < 1.29 is 9.90 Å². The zero-order chi connectivity index (χ0) is 15.1. The minimum Gasteiger partial charge on any atom is -0.478 e. The minimum atomic E-state index is -0.978. The summed E-state index contributed by atoms with van der Waals surface area (Å²) in [5.74, 6) is 0.807. The molecule has 2 heterocycles. The third-order valence-electron chi connectivity index (χ3n) is 2.92. The maximum Gasteiger partial charge on any atom is 0.335 e. The highest BCUT2D eigenvalue weighted by atomic mass is 16.4. The first kappa shape index (κ1) is 14.2. The van der Waals surface area contributed by atoms with Crippen LogP contribution in [0.25, 0.3) is 5.82 Å². The van der Waals surface area contributed by atoms with E-state index >= 15 is 0 Å². The van der Waals surface area contributed by atoms with Crippen LogP contribution in [0.1, 0.15) is 48.5 Å². The highest BCUT2D eigenvalue weighted by Gasteiger charge is 2.20. The Morgan fingerprint density at radius 3 is 2.30 bits per heavy atom. The van der Waals surface area contributed by atoms with Crippen molar-refractivity contribution in [2.45, 2.75) is 40.0 Å². The molecule has 0 atom stereocenters. The van der Waals surface area contributed by atoms with E-state index in [0.717, 1.165) is 0 Å². The Balaban J connectivity index is 2.67. The number of aryl methyl sites for hydroxylation is 2. The highest BCUT2D eigenvalue weighted by molar-refractivity contribution is 5.88. The van der Waals surface area contributed by atoms with Crippen molar-refractivity contribution in [2.24, 2.45) is 0 Å². The van der Waals surface area contributed by atoms with Crippen LogP contribution in [0.2, 0.25) is 0 Å². The van der Waals surface area contributed by atoms with Gasteiger partial charge in [0, 0.05) is 11.1 Å². The molecule has 0 saturated carbocycles. The third kappa shape index (κ3) is 2.68. The van der Waals surface area contributed by atoms with Crippen molar-refractivity contribution in [1.82, 2.24) is 19.7 Å². The maximum atomic E-state index is 11.3. The van der Waals surface area contributed by atoms with Crippen LogP contribution < -0.4 is 0 Å². The van der Waals surface area contributed by atoms with E-state index in [1.807, 2.05) is 27.7 Å². The molecule has 2 aromatic rings. The Hall–Kier alpha value is -2.24. The van der Waals surface area contributed by atoms with E-state index in [9.17, 15) is 9.90 Å². The summed E-state index contributed by atoms with van der Waals surface area (Å²) in [4.78, 5) is 20.0. The third-order valence-corrected chi connectivity index (χ3v) is 2.92. The van der Waals surface area contributed by atoms with Gasteiger partial charge in [0.25, 0.3) is 0 Å². The van der Waals surface area contributed by atoms with Gasteiger partial charge in [-0.05, 0) is 26.0 Å². The largest absolute Gasteiger partial charge is 0.478 e. The molecule has 6 heteroatoms. The molecule has 20 heavy (non-hydrogen) atoms. The van der Waals surface area contributed by atoms with Crippen molar-refractivity contribution in [3.63, 3.8) is 0 Å². The second kappa shape index (κ2) is 4.70. The second-order valence-electron chi connectivity index (χ2n) is 5.77. The van der Waals surface area contributed by atoms with Crippen molar-refractivity contribution >= 4 is 5.97 Å². The molecule has 0 aliphatic carbocycles. The molecule has 0 saturated heterocycles. The number of nitrogens with zero attached hydrogens (tertiary/aromatic N) is 4. The highest BCUT2D eigenvalue weighted by Crippen LogP contribution is 2.23. The second-order valence-corrected chi connectivity index (χ2v) is 5.77. The molecule has 1 N–H and O–H groups in total.